The molecule has 2 atom stereocenters. The van der Waals surface area contributed by atoms with E-state index in [0.717, 1.165) is 24.2 Å². The van der Waals surface area contributed by atoms with Crippen molar-refractivity contribution in [1.29, 1.82) is 0 Å². The molecule has 1 fully saturated rings. The molecule has 114 valence electrons. The molecular weight excluding hydrogens is 309 g/mol. The van der Waals surface area contributed by atoms with Crippen molar-refractivity contribution in [3.05, 3.63) is 29.8 Å². The van der Waals surface area contributed by atoms with Gasteiger partial charge in [0.1, 0.15) is 11.8 Å². The Bertz CT molecular complexity index is 594. The van der Waals surface area contributed by atoms with Gasteiger partial charge in [-0.05, 0) is 37.6 Å². The van der Waals surface area contributed by atoms with Crippen molar-refractivity contribution in [3.63, 3.8) is 0 Å². The number of esters is 1. The molecule has 5 nitrogen and oxygen atoms in total. The van der Waals surface area contributed by atoms with Gasteiger partial charge in [-0.15, -0.1) is 0 Å². The first-order valence-corrected chi connectivity index (χ1v) is 9.69. The van der Waals surface area contributed by atoms with E-state index in [1.165, 1.54) is 0 Å². The van der Waals surface area contributed by atoms with Crippen molar-refractivity contribution >= 4 is 24.4 Å². The summed E-state index contributed by atoms with van der Waals surface area (Å²) in [6.07, 6.45) is 1.64. The van der Waals surface area contributed by atoms with Gasteiger partial charge in [0.2, 0.25) is 0 Å². The maximum atomic E-state index is 12.1. The predicted octanol–water partition coefficient (Wildman–Crippen LogP) is 2.85. The molecule has 2 aliphatic rings. The topological polar surface area (TPSA) is 48.0 Å². The van der Waals surface area contributed by atoms with E-state index in [1.54, 1.807) is 6.92 Å². The van der Waals surface area contributed by atoms with Crippen LogP contribution in [0.15, 0.2) is 24.3 Å². The van der Waals surface area contributed by atoms with Gasteiger partial charge in [0, 0.05) is 12.1 Å². The first-order valence-electron chi connectivity index (χ1n) is 7.10. The third kappa shape index (κ3) is 2.86. The van der Waals surface area contributed by atoms with Crippen LogP contribution in [-0.4, -0.2) is 29.8 Å². The maximum Gasteiger partial charge on any atom is 0.323 e. The smallest absolute Gasteiger partial charge is 0.323 e. The standard InChI is InChI=1S/C14H18NO4PS/c1-2-17-14(16)12-7-5-9-15(12)20(21)18-10-11-6-3-4-8-13(11)19-20/h3-4,6,8,12H,2,5,7,9-10H2,1H3/t12-,20?/m0/s1. The molecule has 1 aromatic rings. The number of carbonyl (C=O) groups is 1. The first kappa shape index (κ1) is 15.0. The van der Waals surface area contributed by atoms with Gasteiger partial charge in [0.15, 0.2) is 0 Å². The SMILES string of the molecule is CCOC(=O)[C@@H]1CCCN1P1(=S)OCc2ccccc2O1. The molecule has 2 aliphatic heterocycles. The van der Waals surface area contributed by atoms with E-state index in [0.29, 0.717) is 19.8 Å². The summed E-state index contributed by atoms with van der Waals surface area (Å²) in [5.74, 6) is 0.534. The normalized spacial score (nSPS) is 28.7. The molecule has 0 amide bonds. The van der Waals surface area contributed by atoms with Crippen LogP contribution in [0.4, 0.5) is 0 Å². The molecular formula is C14H18NO4PS. The highest BCUT2D eigenvalue weighted by atomic mass is 32.5. The van der Waals surface area contributed by atoms with Crippen LogP contribution in [0.25, 0.3) is 0 Å². The molecule has 1 unspecified atom stereocenters. The molecule has 1 aromatic carbocycles. The van der Waals surface area contributed by atoms with Crippen LogP contribution in [-0.2, 0) is 32.5 Å². The second-order valence-corrected chi connectivity index (χ2v) is 8.29. The van der Waals surface area contributed by atoms with Crippen molar-refractivity contribution in [1.82, 2.24) is 4.67 Å². The van der Waals surface area contributed by atoms with Gasteiger partial charge >= 0.3 is 12.6 Å². The number of para-hydroxylation sites is 1. The van der Waals surface area contributed by atoms with Crippen LogP contribution in [0.5, 0.6) is 5.75 Å². The molecule has 0 spiro atoms. The minimum absolute atomic E-state index is 0.231. The second kappa shape index (κ2) is 6.05. The highest BCUT2D eigenvalue weighted by Gasteiger charge is 2.44. The Hall–Kier alpha value is -0.940. The lowest BCUT2D eigenvalue weighted by Crippen LogP contribution is -2.37. The quantitative estimate of drug-likeness (QED) is 0.628. The molecule has 0 N–H and O–H groups in total. The van der Waals surface area contributed by atoms with Gasteiger partial charge in [-0.1, -0.05) is 18.2 Å². The van der Waals surface area contributed by atoms with Crippen molar-refractivity contribution in [2.45, 2.75) is 32.4 Å². The summed E-state index contributed by atoms with van der Waals surface area (Å²) < 4.78 is 18.9. The zero-order valence-electron chi connectivity index (χ0n) is 11.9. The zero-order valence-corrected chi connectivity index (χ0v) is 13.6. The Morgan fingerprint density at radius 3 is 3.14 bits per heavy atom. The van der Waals surface area contributed by atoms with E-state index < -0.39 is 6.64 Å². The first-order chi connectivity index (χ1) is 10.1. The maximum absolute atomic E-state index is 12.1. The molecule has 0 saturated carbocycles. The molecule has 0 bridgehead atoms. The van der Waals surface area contributed by atoms with Gasteiger partial charge in [0.05, 0.1) is 13.2 Å². The van der Waals surface area contributed by atoms with Crippen LogP contribution in [0.2, 0.25) is 0 Å². The molecule has 2 heterocycles. The second-order valence-electron chi connectivity index (χ2n) is 5.01. The average Bonchev–Trinajstić information content (AvgIpc) is 2.98. The number of rotatable bonds is 3. The summed E-state index contributed by atoms with van der Waals surface area (Å²) in [5, 5.41) is 0. The van der Waals surface area contributed by atoms with E-state index in [4.69, 9.17) is 25.6 Å². The number of benzene rings is 1. The lowest BCUT2D eigenvalue weighted by Gasteiger charge is -2.36. The molecule has 0 aliphatic carbocycles. The van der Waals surface area contributed by atoms with Gasteiger partial charge in [-0.25, -0.2) is 4.67 Å². The van der Waals surface area contributed by atoms with Gasteiger partial charge in [0.25, 0.3) is 0 Å². The fraction of sp³-hybridized carbons (Fsp3) is 0.500. The van der Waals surface area contributed by atoms with E-state index in [9.17, 15) is 4.79 Å². The van der Waals surface area contributed by atoms with E-state index >= 15 is 0 Å². The van der Waals surface area contributed by atoms with Crippen LogP contribution < -0.4 is 4.52 Å². The summed E-state index contributed by atoms with van der Waals surface area (Å²) in [4.78, 5) is 12.1. The fourth-order valence-electron chi connectivity index (χ4n) is 2.66. The lowest BCUT2D eigenvalue weighted by atomic mass is 10.2. The van der Waals surface area contributed by atoms with Gasteiger partial charge in [-0.2, -0.15) is 0 Å². The van der Waals surface area contributed by atoms with Crippen LogP contribution >= 0.6 is 6.64 Å². The highest BCUT2D eigenvalue weighted by Crippen LogP contribution is 2.59. The highest BCUT2D eigenvalue weighted by molar-refractivity contribution is 8.09. The fourth-order valence-corrected chi connectivity index (χ4v) is 5.62. The van der Waals surface area contributed by atoms with Crippen molar-refractivity contribution in [2.24, 2.45) is 0 Å². The number of nitrogens with zero attached hydrogens (tertiary/aromatic N) is 1. The Morgan fingerprint density at radius 1 is 1.52 bits per heavy atom. The third-order valence-electron chi connectivity index (χ3n) is 3.67. The third-order valence-corrected chi connectivity index (χ3v) is 6.83. The van der Waals surface area contributed by atoms with Crippen molar-refractivity contribution in [2.75, 3.05) is 13.2 Å². The number of hydrogen-bond donors (Lipinski definition) is 0. The van der Waals surface area contributed by atoms with Gasteiger partial charge < -0.3 is 13.8 Å². The Kier molecular flexibility index (Phi) is 4.31. The zero-order chi connectivity index (χ0) is 14.9. The number of hydrogen-bond acceptors (Lipinski definition) is 5. The monoisotopic (exact) mass is 327 g/mol. The molecule has 1 saturated heterocycles. The van der Waals surface area contributed by atoms with Gasteiger partial charge in [-0.3, -0.25) is 4.79 Å². The minimum Gasteiger partial charge on any atom is -0.465 e. The Balaban J connectivity index is 1.83. The Morgan fingerprint density at radius 2 is 2.33 bits per heavy atom. The average molecular weight is 327 g/mol. The number of fused-ring (bicyclic) bond motifs is 1. The van der Waals surface area contributed by atoms with E-state index in [-0.39, 0.29) is 12.0 Å². The Labute approximate surface area is 129 Å². The summed E-state index contributed by atoms with van der Waals surface area (Å²) in [5.41, 5.74) is 0.991. The van der Waals surface area contributed by atoms with Crippen molar-refractivity contribution < 1.29 is 18.6 Å². The van der Waals surface area contributed by atoms with Crippen molar-refractivity contribution in [3.8, 4) is 5.75 Å². The minimum atomic E-state index is -2.66. The van der Waals surface area contributed by atoms with E-state index in [2.05, 4.69) is 0 Å². The lowest BCUT2D eigenvalue weighted by molar-refractivity contribution is -0.147. The molecule has 3 rings (SSSR count). The van der Waals surface area contributed by atoms with Crippen LogP contribution in [0.3, 0.4) is 0 Å². The molecule has 7 heteroatoms. The predicted molar refractivity (Wildman–Crippen MR) is 82.5 cm³/mol. The number of ether oxygens (including phenoxy) is 1. The van der Waals surface area contributed by atoms with Crippen LogP contribution in [0, 0.1) is 0 Å². The van der Waals surface area contributed by atoms with E-state index in [1.807, 2.05) is 28.9 Å². The summed E-state index contributed by atoms with van der Waals surface area (Å²) in [7, 11) is 0. The molecule has 0 aromatic heterocycles. The molecule has 0 radical (unpaired) electrons. The van der Waals surface area contributed by atoms with Crippen LogP contribution in [0.1, 0.15) is 25.3 Å². The number of carbonyl (C=O) groups excluding carboxylic acids is 1. The summed E-state index contributed by atoms with van der Waals surface area (Å²) in [6, 6.07) is 7.37. The summed E-state index contributed by atoms with van der Waals surface area (Å²) >= 11 is 5.65. The largest absolute Gasteiger partial charge is 0.465 e. The summed E-state index contributed by atoms with van der Waals surface area (Å²) in [6.45, 7) is 0.657. The molecule has 21 heavy (non-hydrogen) atoms.